The maximum Gasteiger partial charge on any atom is 0.404 e. The fourth-order valence-corrected chi connectivity index (χ4v) is 4.32. The summed E-state index contributed by atoms with van der Waals surface area (Å²) < 4.78 is 5.18. The van der Waals surface area contributed by atoms with Crippen LogP contribution in [0.5, 0.6) is 0 Å². The van der Waals surface area contributed by atoms with E-state index in [1.54, 1.807) is 7.11 Å². The predicted molar refractivity (Wildman–Crippen MR) is 120 cm³/mol. The number of aliphatic hydroxyl groups is 1. The van der Waals surface area contributed by atoms with Gasteiger partial charge in [0.1, 0.15) is 0 Å². The minimum absolute atomic E-state index is 0.0181. The lowest BCUT2D eigenvalue weighted by Gasteiger charge is -2.33. The number of aliphatic hydroxyl groups excluding tert-OH is 1. The molecule has 0 radical (unpaired) electrons. The van der Waals surface area contributed by atoms with Crippen LogP contribution >= 0.6 is 0 Å². The van der Waals surface area contributed by atoms with Gasteiger partial charge in [-0.15, -0.1) is 0 Å². The Morgan fingerprint density at radius 3 is 2.63 bits per heavy atom. The van der Waals surface area contributed by atoms with Crippen LogP contribution in [0.4, 0.5) is 4.79 Å². The van der Waals surface area contributed by atoms with E-state index in [4.69, 9.17) is 10.5 Å². The summed E-state index contributed by atoms with van der Waals surface area (Å²) >= 11 is 0. The summed E-state index contributed by atoms with van der Waals surface area (Å²) in [6, 6.07) is 5.90. The monoisotopic (exact) mass is 419 g/mol. The first kappa shape index (κ1) is 24.2. The van der Waals surface area contributed by atoms with Gasteiger partial charge in [0.05, 0.1) is 12.1 Å². The Morgan fingerprint density at radius 2 is 2.03 bits per heavy atom. The molecule has 0 saturated carbocycles. The molecule has 6 N–H and O–H groups in total. The Labute approximate surface area is 179 Å². The van der Waals surface area contributed by atoms with Crippen LogP contribution in [0.1, 0.15) is 50.7 Å². The lowest BCUT2D eigenvalue weighted by Crippen LogP contribution is -2.47. The van der Waals surface area contributed by atoms with Gasteiger partial charge in [0.15, 0.2) is 0 Å². The fourth-order valence-electron chi connectivity index (χ4n) is 4.32. The molecule has 1 aromatic heterocycles. The standard InChI is InChI=1S/C23H37N3O4/c1-14(2)18(11-21(22(27)12-24)26-23(28)29)15(3)16-7-8-20-19(10-16)17(13-25-20)6-5-9-30-4/h7-8,10,13-15,18,21-22,25-27H,5-6,9,11-12,24H2,1-4H3,(H,28,29). The van der Waals surface area contributed by atoms with E-state index >= 15 is 0 Å². The molecular weight excluding hydrogens is 382 g/mol. The Morgan fingerprint density at radius 1 is 1.30 bits per heavy atom. The molecule has 7 heteroatoms. The Balaban J connectivity index is 2.27. The summed E-state index contributed by atoms with van der Waals surface area (Å²) in [4.78, 5) is 14.6. The summed E-state index contributed by atoms with van der Waals surface area (Å²) in [6.45, 7) is 7.21. The summed E-state index contributed by atoms with van der Waals surface area (Å²) in [5.74, 6) is 0.682. The highest BCUT2D eigenvalue weighted by atomic mass is 16.5. The molecule has 168 valence electrons. The number of aromatic amines is 1. The number of hydrogen-bond acceptors (Lipinski definition) is 4. The number of hydrogen-bond donors (Lipinski definition) is 5. The number of aromatic nitrogens is 1. The van der Waals surface area contributed by atoms with Gasteiger partial charge in [0.2, 0.25) is 0 Å². The highest BCUT2D eigenvalue weighted by Gasteiger charge is 2.30. The van der Waals surface area contributed by atoms with Crippen molar-refractivity contribution in [3.63, 3.8) is 0 Å². The first-order valence-corrected chi connectivity index (χ1v) is 10.7. The van der Waals surface area contributed by atoms with Crippen LogP contribution in [0.3, 0.4) is 0 Å². The van der Waals surface area contributed by atoms with Crippen LogP contribution in [0, 0.1) is 11.8 Å². The molecule has 0 spiro atoms. The molecule has 30 heavy (non-hydrogen) atoms. The third-order valence-corrected chi connectivity index (χ3v) is 6.15. The van der Waals surface area contributed by atoms with Crippen molar-refractivity contribution < 1.29 is 19.7 Å². The molecule has 4 atom stereocenters. The van der Waals surface area contributed by atoms with E-state index in [0.29, 0.717) is 12.3 Å². The first-order chi connectivity index (χ1) is 14.3. The topological polar surface area (TPSA) is 121 Å². The summed E-state index contributed by atoms with van der Waals surface area (Å²) in [5.41, 5.74) is 9.22. The number of rotatable bonds is 12. The number of fused-ring (bicyclic) bond motifs is 1. The van der Waals surface area contributed by atoms with Gasteiger partial charge in [0.25, 0.3) is 0 Å². The minimum atomic E-state index is -1.14. The van der Waals surface area contributed by atoms with Crippen LogP contribution in [0.15, 0.2) is 24.4 Å². The van der Waals surface area contributed by atoms with Gasteiger partial charge in [-0.05, 0) is 60.3 Å². The molecule has 0 fully saturated rings. The van der Waals surface area contributed by atoms with E-state index in [-0.39, 0.29) is 18.4 Å². The van der Waals surface area contributed by atoms with Gasteiger partial charge < -0.3 is 31.0 Å². The molecule has 1 heterocycles. The van der Waals surface area contributed by atoms with E-state index in [0.717, 1.165) is 25.0 Å². The zero-order chi connectivity index (χ0) is 22.3. The molecule has 7 nitrogen and oxygen atoms in total. The predicted octanol–water partition coefficient (Wildman–Crippen LogP) is 3.47. The van der Waals surface area contributed by atoms with Gasteiger partial charge in [-0.2, -0.15) is 0 Å². The second-order valence-corrected chi connectivity index (χ2v) is 8.51. The number of H-pyrrole nitrogens is 1. The third kappa shape index (κ3) is 6.20. The van der Waals surface area contributed by atoms with Crippen molar-refractivity contribution >= 4 is 17.0 Å². The lowest BCUT2D eigenvalue weighted by molar-refractivity contribution is 0.105. The largest absolute Gasteiger partial charge is 0.465 e. The molecule has 1 amide bonds. The van der Waals surface area contributed by atoms with E-state index in [1.807, 2.05) is 0 Å². The average molecular weight is 420 g/mol. The number of nitrogens with two attached hydrogens (primary N) is 1. The van der Waals surface area contributed by atoms with Crippen LogP contribution < -0.4 is 11.1 Å². The molecule has 4 unspecified atom stereocenters. The number of carbonyl (C=O) groups is 1. The molecule has 2 aromatic rings. The summed E-state index contributed by atoms with van der Waals surface area (Å²) in [6.07, 6.45) is 2.46. The van der Waals surface area contributed by atoms with Crippen molar-refractivity contribution in [1.29, 1.82) is 0 Å². The second-order valence-electron chi connectivity index (χ2n) is 8.51. The molecule has 1 aromatic carbocycles. The lowest BCUT2D eigenvalue weighted by atomic mass is 9.76. The Hall–Kier alpha value is -2.09. The van der Waals surface area contributed by atoms with Gasteiger partial charge in [-0.1, -0.05) is 26.8 Å². The third-order valence-electron chi connectivity index (χ3n) is 6.15. The molecular formula is C23H37N3O4. The van der Waals surface area contributed by atoms with Crippen LogP contribution in [0.25, 0.3) is 10.9 Å². The number of ether oxygens (including phenoxy) is 1. The zero-order valence-electron chi connectivity index (χ0n) is 18.5. The van der Waals surface area contributed by atoms with E-state index in [2.05, 4.69) is 55.5 Å². The van der Waals surface area contributed by atoms with Crippen molar-refractivity contribution in [1.82, 2.24) is 10.3 Å². The number of nitrogens with one attached hydrogen (secondary N) is 2. The zero-order valence-corrected chi connectivity index (χ0v) is 18.5. The van der Waals surface area contributed by atoms with Crippen LogP contribution in [-0.4, -0.2) is 53.7 Å². The van der Waals surface area contributed by atoms with Crippen molar-refractivity contribution in [2.75, 3.05) is 20.3 Å². The maximum absolute atomic E-state index is 11.2. The van der Waals surface area contributed by atoms with Gasteiger partial charge >= 0.3 is 6.09 Å². The van der Waals surface area contributed by atoms with Gasteiger partial charge in [-0.3, -0.25) is 0 Å². The van der Waals surface area contributed by atoms with Gasteiger partial charge in [0, 0.05) is 37.4 Å². The minimum Gasteiger partial charge on any atom is -0.465 e. The molecule has 0 bridgehead atoms. The smallest absolute Gasteiger partial charge is 0.404 e. The number of amides is 1. The van der Waals surface area contributed by atoms with Crippen LogP contribution in [0.2, 0.25) is 0 Å². The summed E-state index contributed by atoms with van der Waals surface area (Å²) in [7, 11) is 1.72. The highest BCUT2D eigenvalue weighted by molar-refractivity contribution is 5.84. The van der Waals surface area contributed by atoms with E-state index in [9.17, 15) is 15.0 Å². The fraction of sp³-hybridized carbons (Fsp3) is 0.609. The SMILES string of the molecule is COCCCc1c[nH]c2ccc(C(C)C(CC(NC(=O)O)C(O)CN)C(C)C)cc12. The average Bonchev–Trinajstić information content (AvgIpc) is 3.11. The van der Waals surface area contributed by atoms with Gasteiger partial charge in [-0.25, -0.2) is 4.79 Å². The quantitative estimate of drug-likeness (QED) is 0.337. The maximum atomic E-state index is 11.2. The van der Waals surface area contributed by atoms with E-state index < -0.39 is 18.2 Å². The van der Waals surface area contributed by atoms with Crippen molar-refractivity contribution in [2.24, 2.45) is 17.6 Å². The molecule has 0 aliphatic rings. The van der Waals surface area contributed by atoms with Crippen molar-refractivity contribution in [3.05, 3.63) is 35.5 Å². The number of carboxylic acid groups (broad SMARTS) is 1. The Kier molecular flexibility index (Phi) is 9.14. The highest BCUT2D eigenvalue weighted by Crippen LogP contribution is 2.35. The van der Waals surface area contributed by atoms with Crippen molar-refractivity contribution in [3.8, 4) is 0 Å². The molecule has 0 aliphatic heterocycles. The second kappa shape index (κ2) is 11.3. The number of benzene rings is 1. The van der Waals surface area contributed by atoms with Crippen molar-refractivity contribution in [2.45, 2.75) is 58.1 Å². The molecule has 0 saturated heterocycles. The first-order valence-electron chi connectivity index (χ1n) is 10.7. The molecule has 0 aliphatic carbocycles. The number of aryl methyl sites for hydroxylation is 1. The normalized spacial score (nSPS) is 15.8. The van der Waals surface area contributed by atoms with E-state index in [1.165, 1.54) is 16.5 Å². The Bertz CT molecular complexity index is 805. The van der Waals surface area contributed by atoms with Crippen LogP contribution in [-0.2, 0) is 11.2 Å². The molecule has 2 rings (SSSR count). The number of methoxy groups -OCH3 is 1. The summed E-state index contributed by atoms with van der Waals surface area (Å²) in [5, 5.41) is 23.1.